The first-order valence-electron chi connectivity index (χ1n) is 12.8. The molecule has 42 heavy (non-hydrogen) atoms. The molecule has 0 spiro atoms. The predicted molar refractivity (Wildman–Crippen MR) is 153 cm³/mol. The van der Waals surface area contributed by atoms with Crippen LogP contribution in [0.25, 0.3) is 5.57 Å². The second-order valence-electron chi connectivity index (χ2n) is 11.3. The molecule has 5 rings (SSSR count). The highest BCUT2D eigenvalue weighted by Crippen LogP contribution is 2.57. The summed E-state index contributed by atoms with van der Waals surface area (Å²) in [5.41, 5.74) is -3.85. The minimum atomic E-state index is -2.07. The van der Waals surface area contributed by atoms with Crippen molar-refractivity contribution in [3.63, 3.8) is 0 Å². The van der Waals surface area contributed by atoms with Gasteiger partial charge in [-0.25, -0.2) is 23.3 Å². The van der Waals surface area contributed by atoms with Gasteiger partial charge in [0, 0.05) is 21.7 Å². The van der Waals surface area contributed by atoms with Crippen molar-refractivity contribution in [1.29, 1.82) is 5.26 Å². The number of nitrogens with zero attached hydrogens (tertiary/aromatic N) is 3. The fourth-order valence-electron chi connectivity index (χ4n) is 5.74. The molecule has 2 aliphatic rings. The summed E-state index contributed by atoms with van der Waals surface area (Å²) in [6, 6.07) is 13.0. The third kappa shape index (κ3) is 4.42. The van der Waals surface area contributed by atoms with Gasteiger partial charge in [0.2, 0.25) is 0 Å². The number of hydrogen-bond donors (Lipinski definition) is 1. The SMILES string of the molecule is CC(C)(C)C[C@@H]1N2C(=O)N(c3cccc(C(=O)O)c3)C(=O)C2=C(c2cccc(Cl)c2F)[C@@]1(C#N)c1ccc(Cl)cc1F. The topological polar surface area (TPSA) is 102 Å². The first-order chi connectivity index (χ1) is 19.7. The Morgan fingerprint density at radius 1 is 1.07 bits per heavy atom. The van der Waals surface area contributed by atoms with Crippen LogP contribution in [0.2, 0.25) is 10.0 Å². The Bertz CT molecular complexity index is 1760. The Kier molecular flexibility index (Phi) is 7.12. The number of halogens is 4. The summed E-state index contributed by atoms with van der Waals surface area (Å²) in [6.45, 7) is 5.55. The van der Waals surface area contributed by atoms with Crippen molar-refractivity contribution >= 4 is 52.4 Å². The second kappa shape index (κ2) is 10.2. The maximum atomic E-state index is 15.8. The van der Waals surface area contributed by atoms with Gasteiger partial charge in [-0.05, 0) is 48.2 Å². The van der Waals surface area contributed by atoms with Crippen LogP contribution < -0.4 is 4.90 Å². The van der Waals surface area contributed by atoms with Crippen molar-refractivity contribution in [1.82, 2.24) is 4.90 Å². The van der Waals surface area contributed by atoms with E-state index >= 15 is 8.78 Å². The molecule has 0 saturated carbocycles. The number of carboxylic acid groups (broad SMARTS) is 1. The molecule has 3 amide bonds. The smallest absolute Gasteiger partial charge is 0.336 e. The minimum Gasteiger partial charge on any atom is -0.478 e. The second-order valence-corrected chi connectivity index (χ2v) is 12.1. The van der Waals surface area contributed by atoms with Gasteiger partial charge >= 0.3 is 12.0 Å². The lowest BCUT2D eigenvalue weighted by atomic mass is 9.65. The number of carboxylic acids is 1. The maximum Gasteiger partial charge on any atom is 0.336 e. The highest BCUT2D eigenvalue weighted by molar-refractivity contribution is 6.32. The zero-order valence-corrected chi connectivity index (χ0v) is 24.1. The molecule has 0 aliphatic carbocycles. The summed E-state index contributed by atoms with van der Waals surface area (Å²) >= 11 is 12.2. The van der Waals surface area contributed by atoms with Crippen molar-refractivity contribution in [2.75, 3.05) is 4.90 Å². The molecule has 2 aliphatic heterocycles. The van der Waals surface area contributed by atoms with E-state index in [0.717, 1.165) is 21.9 Å². The number of aromatic carboxylic acids is 1. The summed E-state index contributed by atoms with van der Waals surface area (Å²) in [6.07, 6.45) is 0.0832. The van der Waals surface area contributed by atoms with E-state index in [2.05, 4.69) is 6.07 Å². The van der Waals surface area contributed by atoms with Crippen molar-refractivity contribution in [2.45, 2.75) is 38.6 Å². The number of fused-ring (bicyclic) bond motifs is 1. The highest BCUT2D eigenvalue weighted by Gasteiger charge is 2.64. The van der Waals surface area contributed by atoms with Gasteiger partial charge in [-0.1, -0.05) is 68.2 Å². The number of amides is 3. The fourth-order valence-corrected chi connectivity index (χ4v) is 6.08. The summed E-state index contributed by atoms with van der Waals surface area (Å²) in [5, 5.41) is 20.2. The highest BCUT2D eigenvalue weighted by atomic mass is 35.5. The number of carbonyl (C=O) groups is 3. The number of benzene rings is 3. The molecule has 2 atom stereocenters. The number of urea groups is 1. The van der Waals surface area contributed by atoms with E-state index in [1.165, 1.54) is 48.5 Å². The standard InChI is InChI=1S/C31H23Cl2F2N3O4/c1-30(2,3)14-23-31(15-36,20-11-10-17(32)13-22(20)34)24(19-8-5-9-21(33)25(19)35)26-27(39)37(29(42)38(23)26)18-7-4-6-16(12-18)28(40)41/h4-13,23H,14H2,1-3H3,(H,40,41)/t23-,31-/m0/s1. The van der Waals surface area contributed by atoms with Gasteiger partial charge in [0.1, 0.15) is 22.7 Å². The first-order valence-corrected chi connectivity index (χ1v) is 13.6. The number of nitriles is 1. The molecule has 214 valence electrons. The fraction of sp³-hybridized carbons (Fsp3) is 0.226. The Morgan fingerprint density at radius 3 is 2.38 bits per heavy atom. The number of rotatable bonds is 5. The van der Waals surface area contributed by atoms with Crippen LogP contribution in [-0.4, -0.2) is 34.0 Å². The zero-order chi connectivity index (χ0) is 30.7. The Morgan fingerprint density at radius 2 is 1.76 bits per heavy atom. The molecule has 0 bridgehead atoms. The Labute approximate surface area is 250 Å². The van der Waals surface area contributed by atoms with E-state index in [1.54, 1.807) is 0 Å². The number of imide groups is 1. The Hall–Kier alpha value is -4.26. The van der Waals surface area contributed by atoms with Gasteiger partial charge in [0.25, 0.3) is 5.91 Å². The average molecular weight is 610 g/mol. The van der Waals surface area contributed by atoms with Crippen LogP contribution in [-0.2, 0) is 10.2 Å². The van der Waals surface area contributed by atoms with Gasteiger partial charge < -0.3 is 5.11 Å². The van der Waals surface area contributed by atoms with Crippen molar-refractivity contribution in [3.05, 3.63) is 105 Å². The largest absolute Gasteiger partial charge is 0.478 e. The zero-order valence-electron chi connectivity index (χ0n) is 22.6. The van der Waals surface area contributed by atoms with Crippen molar-refractivity contribution < 1.29 is 28.3 Å². The third-order valence-corrected chi connectivity index (χ3v) is 7.92. The molecular weight excluding hydrogens is 587 g/mol. The van der Waals surface area contributed by atoms with E-state index in [0.29, 0.717) is 0 Å². The molecule has 3 aromatic carbocycles. The molecule has 3 aromatic rings. The van der Waals surface area contributed by atoms with Crippen LogP contribution in [0.5, 0.6) is 0 Å². The van der Waals surface area contributed by atoms with E-state index in [1.807, 2.05) is 20.8 Å². The van der Waals surface area contributed by atoms with Crippen LogP contribution in [0.15, 0.2) is 66.4 Å². The van der Waals surface area contributed by atoms with Gasteiger partial charge in [-0.3, -0.25) is 9.69 Å². The molecule has 1 N–H and O–H groups in total. The first kappa shape index (κ1) is 29.2. The summed E-state index contributed by atoms with van der Waals surface area (Å²) in [4.78, 5) is 41.9. The van der Waals surface area contributed by atoms with Gasteiger partial charge in [0.05, 0.1) is 28.4 Å². The Balaban J connectivity index is 1.90. The molecule has 11 heteroatoms. The molecule has 0 unspecified atom stereocenters. The molecule has 7 nitrogen and oxygen atoms in total. The summed E-state index contributed by atoms with van der Waals surface area (Å²) in [5.74, 6) is -4.04. The lowest BCUT2D eigenvalue weighted by Crippen LogP contribution is -2.49. The quantitative estimate of drug-likeness (QED) is 0.303. The van der Waals surface area contributed by atoms with Crippen LogP contribution in [0.1, 0.15) is 48.7 Å². The van der Waals surface area contributed by atoms with Gasteiger partial charge in [0.15, 0.2) is 0 Å². The lowest BCUT2D eigenvalue weighted by Gasteiger charge is -2.39. The lowest BCUT2D eigenvalue weighted by molar-refractivity contribution is -0.114. The van der Waals surface area contributed by atoms with Crippen LogP contribution in [0, 0.1) is 28.4 Å². The normalized spacial score (nSPS) is 20.3. The molecule has 0 radical (unpaired) electrons. The minimum absolute atomic E-state index is 0.0348. The monoisotopic (exact) mass is 609 g/mol. The molecular formula is C31H23Cl2F2N3O4. The van der Waals surface area contributed by atoms with Crippen LogP contribution in [0.4, 0.5) is 19.3 Å². The van der Waals surface area contributed by atoms with E-state index in [-0.39, 0.29) is 50.1 Å². The molecule has 1 fully saturated rings. The van der Waals surface area contributed by atoms with Crippen molar-refractivity contribution in [2.24, 2.45) is 5.41 Å². The maximum absolute atomic E-state index is 15.8. The summed E-state index contributed by atoms with van der Waals surface area (Å²) in [7, 11) is 0. The third-order valence-electron chi connectivity index (χ3n) is 7.40. The number of hydrogen-bond acceptors (Lipinski definition) is 4. The van der Waals surface area contributed by atoms with E-state index in [9.17, 15) is 24.8 Å². The van der Waals surface area contributed by atoms with E-state index in [4.69, 9.17) is 23.2 Å². The van der Waals surface area contributed by atoms with Crippen molar-refractivity contribution in [3.8, 4) is 6.07 Å². The van der Waals surface area contributed by atoms with Gasteiger partial charge in [-0.15, -0.1) is 0 Å². The molecule has 0 aromatic heterocycles. The molecule has 1 saturated heterocycles. The summed E-state index contributed by atoms with van der Waals surface area (Å²) < 4.78 is 31.6. The van der Waals surface area contributed by atoms with Gasteiger partial charge in [-0.2, -0.15) is 5.26 Å². The molecule has 2 heterocycles. The average Bonchev–Trinajstić information content (AvgIpc) is 3.33. The number of carbonyl (C=O) groups excluding carboxylic acids is 2. The number of anilines is 1. The van der Waals surface area contributed by atoms with Crippen LogP contribution >= 0.6 is 23.2 Å². The van der Waals surface area contributed by atoms with Crippen LogP contribution in [0.3, 0.4) is 0 Å². The predicted octanol–water partition coefficient (Wildman–Crippen LogP) is 7.43. The van der Waals surface area contributed by atoms with E-state index < -0.39 is 46.4 Å².